The molecule has 0 aliphatic heterocycles. The van der Waals surface area contributed by atoms with Crippen LogP contribution in [0.1, 0.15) is 18.1 Å². The average molecular weight is 309 g/mol. The number of fused-ring (bicyclic) bond motifs is 1. The number of rotatable bonds is 8. The molecule has 0 aliphatic carbocycles. The van der Waals surface area contributed by atoms with Gasteiger partial charge in [0.1, 0.15) is 0 Å². The molecule has 5 nitrogen and oxygen atoms in total. The molecule has 6 heteroatoms. The zero-order valence-corrected chi connectivity index (χ0v) is 13.4. The first kappa shape index (κ1) is 16.0. The summed E-state index contributed by atoms with van der Waals surface area (Å²) in [5.41, 5.74) is 3.41. The minimum Gasteiger partial charge on any atom is -0.361 e. The summed E-state index contributed by atoms with van der Waals surface area (Å²) in [4.78, 5) is 3.27. The molecule has 1 aromatic carbocycles. The Labute approximate surface area is 126 Å². The lowest BCUT2D eigenvalue weighted by atomic mass is 10.1. The third kappa shape index (κ3) is 4.30. The molecule has 0 aliphatic rings. The lowest BCUT2D eigenvalue weighted by Crippen LogP contribution is -2.23. The number of aromatic nitrogens is 1. The van der Waals surface area contributed by atoms with Gasteiger partial charge in [-0.3, -0.25) is 0 Å². The van der Waals surface area contributed by atoms with Crippen LogP contribution < -0.4 is 10.0 Å². The van der Waals surface area contributed by atoms with Gasteiger partial charge >= 0.3 is 0 Å². The molecule has 0 amide bonds. The van der Waals surface area contributed by atoms with E-state index >= 15 is 0 Å². The number of nitrogens with one attached hydrogen (secondary N) is 3. The highest BCUT2D eigenvalue weighted by atomic mass is 32.2. The van der Waals surface area contributed by atoms with Crippen LogP contribution in [0.5, 0.6) is 0 Å². The molecule has 0 saturated heterocycles. The second kappa shape index (κ2) is 7.06. The summed E-state index contributed by atoms with van der Waals surface area (Å²) in [5, 5.41) is 4.50. The predicted octanol–water partition coefficient (Wildman–Crippen LogP) is 1.41. The number of hydrogen-bond acceptors (Lipinski definition) is 3. The standard InChI is InChI=1S/C15H23N3O2S/c1-3-17-8-6-13-11-18-15-5-4-12(10-14(13)15)7-9-21(19,20)16-2/h4-5,10-11,16-18H,3,6-9H2,1-2H3. The molecular weight excluding hydrogens is 286 g/mol. The van der Waals surface area contributed by atoms with Gasteiger partial charge < -0.3 is 10.3 Å². The third-order valence-corrected chi connectivity index (χ3v) is 4.99. The van der Waals surface area contributed by atoms with Gasteiger partial charge in [-0.15, -0.1) is 0 Å². The van der Waals surface area contributed by atoms with Gasteiger partial charge in [-0.25, -0.2) is 13.1 Å². The highest BCUT2D eigenvalue weighted by Gasteiger charge is 2.09. The van der Waals surface area contributed by atoms with Crippen LogP contribution in [0.15, 0.2) is 24.4 Å². The number of H-pyrrole nitrogens is 1. The molecule has 0 spiro atoms. The second-order valence-corrected chi connectivity index (χ2v) is 7.12. The Kier molecular flexibility index (Phi) is 5.39. The molecule has 0 saturated carbocycles. The molecule has 0 radical (unpaired) electrons. The van der Waals surface area contributed by atoms with Crippen LogP contribution in [0, 0.1) is 0 Å². The molecule has 21 heavy (non-hydrogen) atoms. The molecule has 2 rings (SSSR count). The largest absolute Gasteiger partial charge is 0.361 e. The summed E-state index contributed by atoms with van der Waals surface area (Å²) >= 11 is 0. The fraction of sp³-hybridized carbons (Fsp3) is 0.467. The molecule has 3 N–H and O–H groups in total. The Balaban J connectivity index is 2.13. The van der Waals surface area contributed by atoms with Gasteiger partial charge in [0.25, 0.3) is 0 Å². The van der Waals surface area contributed by atoms with Crippen LogP contribution in [0.4, 0.5) is 0 Å². The summed E-state index contributed by atoms with van der Waals surface area (Å²) in [6, 6.07) is 6.10. The predicted molar refractivity (Wildman–Crippen MR) is 87.1 cm³/mol. The summed E-state index contributed by atoms with van der Waals surface area (Å²) < 4.78 is 25.4. The zero-order chi connectivity index (χ0) is 15.3. The van der Waals surface area contributed by atoms with Gasteiger partial charge in [-0.1, -0.05) is 13.0 Å². The molecule has 2 aromatic rings. The molecule has 0 unspecified atom stereocenters. The Bertz CT molecular complexity index is 692. The lowest BCUT2D eigenvalue weighted by Gasteiger charge is -2.05. The lowest BCUT2D eigenvalue weighted by molar-refractivity contribution is 0.587. The molecule has 0 atom stereocenters. The number of likely N-dealkylation sites (N-methyl/N-ethyl adjacent to an activating group) is 1. The van der Waals surface area contributed by atoms with E-state index in [1.165, 1.54) is 18.0 Å². The van der Waals surface area contributed by atoms with E-state index in [2.05, 4.69) is 28.0 Å². The Morgan fingerprint density at radius 1 is 1.24 bits per heavy atom. The van der Waals surface area contributed by atoms with Crippen LogP contribution in [0.2, 0.25) is 0 Å². The maximum atomic E-state index is 11.5. The third-order valence-electron chi connectivity index (χ3n) is 3.62. The van der Waals surface area contributed by atoms with E-state index < -0.39 is 10.0 Å². The molecular formula is C15H23N3O2S. The quantitative estimate of drug-likeness (QED) is 0.646. The minimum absolute atomic E-state index is 0.117. The van der Waals surface area contributed by atoms with Crippen molar-refractivity contribution < 1.29 is 8.42 Å². The first-order valence-electron chi connectivity index (χ1n) is 7.26. The van der Waals surface area contributed by atoms with Crippen molar-refractivity contribution in [3.05, 3.63) is 35.5 Å². The van der Waals surface area contributed by atoms with E-state index in [1.807, 2.05) is 18.3 Å². The Morgan fingerprint density at radius 3 is 2.76 bits per heavy atom. The van der Waals surface area contributed by atoms with Gasteiger partial charge in [0, 0.05) is 17.1 Å². The molecule has 0 fully saturated rings. The van der Waals surface area contributed by atoms with Crippen molar-refractivity contribution in [1.82, 2.24) is 15.0 Å². The van der Waals surface area contributed by atoms with Crippen LogP contribution in [-0.2, 0) is 22.9 Å². The highest BCUT2D eigenvalue weighted by molar-refractivity contribution is 7.89. The second-order valence-electron chi connectivity index (χ2n) is 5.07. The summed E-state index contributed by atoms with van der Waals surface area (Å²) in [7, 11) is -1.71. The summed E-state index contributed by atoms with van der Waals surface area (Å²) in [5.74, 6) is 0.117. The van der Waals surface area contributed by atoms with Crippen molar-refractivity contribution >= 4 is 20.9 Å². The van der Waals surface area contributed by atoms with E-state index in [1.54, 1.807) is 0 Å². The first-order chi connectivity index (χ1) is 10.1. The number of aromatic amines is 1. The van der Waals surface area contributed by atoms with Gasteiger partial charge in [0.15, 0.2) is 0 Å². The molecule has 116 valence electrons. The molecule has 1 heterocycles. The monoisotopic (exact) mass is 309 g/mol. The van der Waals surface area contributed by atoms with E-state index in [9.17, 15) is 8.42 Å². The zero-order valence-electron chi connectivity index (χ0n) is 12.6. The SMILES string of the molecule is CCNCCc1c[nH]c2ccc(CCS(=O)(=O)NC)cc12. The average Bonchev–Trinajstić information content (AvgIpc) is 2.88. The maximum Gasteiger partial charge on any atom is 0.211 e. The van der Waals surface area contributed by atoms with E-state index in [0.717, 1.165) is 30.6 Å². The van der Waals surface area contributed by atoms with Gasteiger partial charge in [0.05, 0.1) is 5.75 Å². The normalized spacial score (nSPS) is 12.1. The van der Waals surface area contributed by atoms with E-state index in [-0.39, 0.29) is 5.75 Å². The van der Waals surface area contributed by atoms with Crippen LogP contribution in [-0.4, -0.2) is 39.3 Å². The van der Waals surface area contributed by atoms with Crippen LogP contribution in [0.3, 0.4) is 0 Å². The van der Waals surface area contributed by atoms with Crippen LogP contribution in [0.25, 0.3) is 10.9 Å². The Hall–Kier alpha value is -1.37. The smallest absolute Gasteiger partial charge is 0.211 e. The van der Waals surface area contributed by atoms with Crippen LogP contribution >= 0.6 is 0 Å². The van der Waals surface area contributed by atoms with Gasteiger partial charge in [-0.2, -0.15) is 0 Å². The fourth-order valence-electron chi connectivity index (χ4n) is 2.34. The van der Waals surface area contributed by atoms with Crippen molar-refractivity contribution in [2.75, 3.05) is 25.9 Å². The summed E-state index contributed by atoms with van der Waals surface area (Å²) in [6.07, 6.45) is 3.53. The van der Waals surface area contributed by atoms with Crippen molar-refractivity contribution in [2.24, 2.45) is 0 Å². The van der Waals surface area contributed by atoms with Crippen molar-refractivity contribution in [3.63, 3.8) is 0 Å². The maximum absolute atomic E-state index is 11.5. The first-order valence-corrected chi connectivity index (χ1v) is 8.92. The van der Waals surface area contributed by atoms with Crippen molar-refractivity contribution in [1.29, 1.82) is 0 Å². The number of sulfonamides is 1. The summed E-state index contributed by atoms with van der Waals surface area (Å²) in [6.45, 7) is 4.01. The molecule has 0 bridgehead atoms. The topological polar surface area (TPSA) is 74.0 Å². The van der Waals surface area contributed by atoms with Crippen molar-refractivity contribution in [2.45, 2.75) is 19.8 Å². The number of hydrogen-bond donors (Lipinski definition) is 3. The molecule has 1 aromatic heterocycles. The fourth-order valence-corrected chi connectivity index (χ4v) is 3.05. The van der Waals surface area contributed by atoms with E-state index in [0.29, 0.717) is 6.42 Å². The van der Waals surface area contributed by atoms with Gasteiger partial charge in [-0.05, 0) is 56.2 Å². The highest BCUT2D eigenvalue weighted by Crippen LogP contribution is 2.20. The Morgan fingerprint density at radius 2 is 2.05 bits per heavy atom. The number of benzene rings is 1. The van der Waals surface area contributed by atoms with Gasteiger partial charge in [0.2, 0.25) is 10.0 Å². The van der Waals surface area contributed by atoms with E-state index in [4.69, 9.17) is 0 Å². The van der Waals surface area contributed by atoms with Crippen molar-refractivity contribution in [3.8, 4) is 0 Å². The minimum atomic E-state index is -3.15. The number of aryl methyl sites for hydroxylation is 1.